The van der Waals surface area contributed by atoms with Gasteiger partial charge in [0.25, 0.3) is 5.91 Å². The summed E-state index contributed by atoms with van der Waals surface area (Å²) < 4.78 is 28.9. The molecule has 0 spiro atoms. The van der Waals surface area contributed by atoms with Crippen molar-refractivity contribution in [3.05, 3.63) is 41.6 Å². The number of hydrogen-bond donors (Lipinski definition) is 1. The highest BCUT2D eigenvalue weighted by Crippen LogP contribution is 2.20. The summed E-state index contributed by atoms with van der Waals surface area (Å²) in [6.07, 6.45) is 0.245. The molecule has 0 bridgehead atoms. The van der Waals surface area contributed by atoms with E-state index in [4.69, 9.17) is 5.26 Å². The smallest absolute Gasteiger partial charge is 0.256 e. The number of aryl methyl sites for hydroxylation is 2. The van der Waals surface area contributed by atoms with Gasteiger partial charge >= 0.3 is 0 Å². The second-order valence-electron chi connectivity index (χ2n) is 7.19. The fourth-order valence-electron chi connectivity index (χ4n) is 3.35. The molecule has 2 aromatic rings. The van der Waals surface area contributed by atoms with E-state index in [1.807, 2.05) is 6.07 Å². The molecule has 0 radical (unpaired) electrons. The lowest BCUT2D eigenvalue weighted by Gasteiger charge is -2.33. The predicted octanol–water partition coefficient (Wildman–Crippen LogP) is 1.21. The quantitative estimate of drug-likeness (QED) is 0.713. The first-order valence-corrected chi connectivity index (χ1v) is 11.2. The first kappa shape index (κ1) is 22.5. The van der Waals surface area contributed by atoms with Crippen LogP contribution in [-0.4, -0.2) is 65.4 Å². The Bertz CT molecular complexity index is 1130. The van der Waals surface area contributed by atoms with Gasteiger partial charge < -0.3 is 10.2 Å². The molecule has 31 heavy (non-hydrogen) atoms. The third-order valence-corrected chi connectivity index (χ3v) is 6.89. The predicted molar refractivity (Wildman–Crippen MR) is 113 cm³/mol. The van der Waals surface area contributed by atoms with Crippen LogP contribution >= 0.6 is 0 Å². The number of benzene rings is 1. The number of nitriles is 1. The van der Waals surface area contributed by atoms with Gasteiger partial charge in [0.2, 0.25) is 15.9 Å². The Hall–Kier alpha value is -3.23. The van der Waals surface area contributed by atoms with E-state index >= 15 is 0 Å². The maximum absolute atomic E-state index is 13.0. The molecule has 11 heteroatoms. The molecule has 2 heterocycles. The van der Waals surface area contributed by atoms with Crippen molar-refractivity contribution in [2.75, 3.05) is 31.5 Å². The highest BCUT2D eigenvalue weighted by molar-refractivity contribution is 7.89. The van der Waals surface area contributed by atoms with Crippen LogP contribution in [0.15, 0.2) is 35.2 Å². The molecule has 1 aliphatic rings. The van der Waals surface area contributed by atoms with Gasteiger partial charge in [0, 0.05) is 44.7 Å². The number of carbonyl (C=O) groups is 2. The van der Waals surface area contributed by atoms with E-state index in [1.54, 1.807) is 17.9 Å². The van der Waals surface area contributed by atoms with Crippen molar-refractivity contribution >= 4 is 27.7 Å². The Kier molecular flexibility index (Phi) is 6.72. The molecule has 164 valence electrons. The Labute approximate surface area is 181 Å². The first-order valence-electron chi connectivity index (χ1n) is 9.81. The minimum absolute atomic E-state index is 0.0191. The van der Waals surface area contributed by atoms with Crippen molar-refractivity contribution in [2.45, 2.75) is 31.7 Å². The molecular formula is C20H24N6O4S. The Balaban J connectivity index is 1.76. The van der Waals surface area contributed by atoms with Crippen molar-refractivity contribution in [2.24, 2.45) is 0 Å². The summed E-state index contributed by atoms with van der Waals surface area (Å²) in [5.41, 5.74) is 0.878. The number of anilines is 1. The maximum atomic E-state index is 13.0. The molecule has 1 aromatic carbocycles. The summed E-state index contributed by atoms with van der Waals surface area (Å²) in [7, 11) is -3.79. The lowest BCUT2D eigenvalue weighted by atomic mass is 10.2. The number of rotatable bonds is 6. The van der Waals surface area contributed by atoms with E-state index in [9.17, 15) is 18.0 Å². The number of aromatic nitrogens is 2. The summed E-state index contributed by atoms with van der Waals surface area (Å²) in [6, 6.07) is 9.56. The van der Waals surface area contributed by atoms with Crippen molar-refractivity contribution in [1.29, 1.82) is 5.26 Å². The van der Waals surface area contributed by atoms with Crippen molar-refractivity contribution in [1.82, 2.24) is 19.0 Å². The van der Waals surface area contributed by atoms with Crippen LogP contribution in [0.2, 0.25) is 0 Å². The van der Waals surface area contributed by atoms with Crippen LogP contribution in [-0.2, 0) is 21.4 Å². The summed E-state index contributed by atoms with van der Waals surface area (Å²) in [6.45, 7) is 4.64. The van der Waals surface area contributed by atoms with Gasteiger partial charge in [-0.25, -0.2) is 13.1 Å². The van der Waals surface area contributed by atoms with E-state index in [2.05, 4.69) is 10.4 Å². The van der Waals surface area contributed by atoms with Crippen LogP contribution in [0, 0.1) is 18.3 Å². The molecule has 3 rings (SSSR count). The lowest BCUT2D eigenvalue weighted by molar-refractivity contribution is -0.129. The molecule has 1 N–H and O–H groups in total. The normalized spacial score (nSPS) is 14.8. The monoisotopic (exact) mass is 444 g/mol. The third-order valence-electron chi connectivity index (χ3n) is 5.00. The Morgan fingerprint density at radius 1 is 1.19 bits per heavy atom. The van der Waals surface area contributed by atoms with Crippen molar-refractivity contribution in [3.8, 4) is 6.07 Å². The number of carbonyl (C=O) groups excluding carboxylic acids is 2. The highest BCUT2D eigenvalue weighted by atomic mass is 32.2. The van der Waals surface area contributed by atoms with Gasteiger partial charge in [-0.3, -0.25) is 9.59 Å². The zero-order valence-corrected chi connectivity index (χ0v) is 18.2. The fourth-order valence-corrected chi connectivity index (χ4v) is 4.82. The van der Waals surface area contributed by atoms with Crippen LogP contribution in [0.3, 0.4) is 0 Å². The van der Waals surface area contributed by atoms with E-state index in [1.165, 1.54) is 40.2 Å². The molecule has 10 nitrogen and oxygen atoms in total. The zero-order valence-electron chi connectivity index (χ0n) is 17.4. The topological polar surface area (TPSA) is 128 Å². The minimum Gasteiger partial charge on any atom is -0.340 e. The third kappa shape index (κ3) is 5.10. The number of amides is 2. The zero-order chi connectivity index (χ0) is 22.6. The largest absolute Gasteiger partial charge is 0.340 e. The van der Waals surface area contributed by atoms with E-state index in [0.717, 1.165) is 0 Å². The summed E-state index contributed by atoms with van der Waals surface area (Å²) in [5, 5.41) is 15.8. The number of hydrogen-bond acceptors (Lipinski definition) is 6. The van der Waals surface area contributed by atoms with Gasteiger partial charge in [-0.1, -0.05) is 6.07 Å². The van der Waals surface area contributed by atoms with Crippen LogP contribution < -0.4 is 5.32 Å². The SMILES string of the molecule is CC(=O)N1CCN(S(=O)(=O)c2cccc(C(=O)Nc3cc(C)nn3CCC#N)c2)CC1. The number of nitrogens with zero attached hydrogens (tertiary/aromatic N) is 5. The van der Waals surface area contributed by atoms with Gasteiger partial charge in [0.15, 0.2) is 0 Å². The Morgan fingerprint density at radius 3 is 2.55 bits per heavy atom. The fraction of sp³-hybridized carbons (Fsp3) is 0.400. The summed E-state index contributed by atoms with van der Waals surface area (Å²) >= 11 is 0. The second kappa shape index (κ2) is 9.28. The molecule has 1 aliphatic heterocycles. The van der Waals surface area contributed by atoms with Gasteiger partial charge in [0.1, 0.15) is 5.82 Å². The van der Waals surface area contributed by atoms with Crippen molar-refractivity contribution in [3.63, 3.8) is 0 Å². The molecule has 0 atom stereocenters. The summed E-state index contributed by atoms with van der Waals surface area (Å²) in [5.74, 6) is -0.122. The molecule has 0 unspecified atom stereocenters. The molecule has 0 aliphatic carbocycles. The number of piperazine rings is 1. The molecule has 1 saturated heterocycles. The number of nitrogens with one attached hydrogen (secondary N) is 1. The molecule has 2 amide bonds. The highest BCUT2D eigenvalue weighted by Gasteiger charge is 2.29. The standard InChI is InChI=1S/C20H24N6O4S/c1-15-13-19(26(23-15)8-4-7-21)22-20(28)17-5-3-6-18(14-17)31(29,30)25-11-9-24(10-12-25)16(2)27/h3,5-6,13-14H,4,8-12H2,1-2H3,(H,22,28). The van der Waals surface area contributed by atoms with Gasteiger partial charge in [-0.15, -0.1) is 0 Å². The molecule has 1 aromatic heterocycles. The van der Waals surface area contributed by atoms with Crippen LogP contribution in [0.4, 0.5) is 5.82 Å². The number of sulfonamides is 1. The van der Waals surface area contributed by atoms with E-state index in [0.29, 0.717) is 31.1 Å². The molecule has 1 fully saturated rings. The summed E-state index contributed by atoms with van der Waals surface area (Å²) in [4.78, 5) is 25.8. The second-order valence-corrected chi connectivity index (χ2v) is 9.13. The maximum Gasteiger partial charge on any atom is 0.256 e. The average molecular weight is 445 g/mol. The van der Waals surface area contributed by atoms with E-state index in [-0.39, 0.29) is 35.9 Å². The average Bonchev–Trinajstić information content (AvgIpc) is 3.11. The Morgan fingerprint density at radius 2 is 1.90 bits per heavy atom. The minimum atomic E-state index is -3.79. The van der Waals surface area contributed by atoms with E-state index < -0.39 is 15.9 Å². The first-order chi connectivity index (χ1) is 14.7. The van der Waals surface area contributed by atoms with Crippen LogP contribution in [0.5, 0.6) is 0 Å². The van der Waals surface area contributed by atoms with Crippen LogP contribution in [0.25, 0.3) is 0 Å². The molecular weight excluding hydrogens is 420 g/mol. The van der Waals surface area contributed by atoms with Crippen molar-refractivity contribution < 1.29 is 18.0 Å². The van der Waals surface area contributed by atoms with Gasteiger partial charge in [0.05, 0.1) is 29.6 Å². The van der Waals surface area contributed by atoms with Gasteiger partial charge in [-0.05, 0) is 25.1 Å². The van der Waals surface area contributed by atoms with Crippen LogP contribution in [0.1, 0.15) is 29.4 Å². The molecule has 0 saturated carbocycles. The lowest BCUT2D eigenvalue weighted by Crippen LogP contribution is -2.49. The van der Waals surface area contributed by atoms with Gasteiger partial charge in [-0.2, -0.15) is 14.7 Å².